The lowest BCUT2D eigenvalue weighted by Gasteiger charge is -2.24. The van der Waals surface area contributed by atoms with E-state index in [1.807, 2.05) is 30.3 Å². The van der Waals surface area contributed by atoms with Gasteiger partial charge in [-0.1, -0.05) is 30.3 Å². The van der Waals surface area contributed by atoms with Gasteiger partial charge in [0.1, 0.15) is 0 Å². The van der Waals surface area contributed by atoms with Gasteiger partial charge in [-0.2, -0.15) is 0 Å². The maximum absolute atomic E-state index is 11.1. The van der Waals surface area contributed by atoms with Crippen LogP contribution in [0.5, 0.6) is 0 Å². The lowest BCUT2D eigenvalue weighted by Crippen LogP contribution is -2.40. The van der Waals surface area contributed by atoms with Crippen molar-refractivity contribution in [3.05, 3.63) is 35.9 Å². The van der Waals surface area contributed by atoms with E-state index in [1.165, 1.54) is 7.11 Å². The number of nitrogens with two attached hydrogens (primary N) is 1. The Balaban J connectivity index is 3.11. The molecule has 0 saturated heterocycles. The summed E-state index contributed by atoms with van der Waals surface area (Å²) in [5, 5.41) is 0. The van der Waals surface area contributed by atoms with E-state index < -0.39 is 11.5 Å². The van der Waals surface area contributed by atoms with Gasteiger partial charge >= 0.3 is 0 Å². The first-order valence-corrected chi connectivity index (χ1v) is 4.02. The van der Waals surface area contributed by atoms with Gasteiger partial charge < -0.3 is 10.5 Å². The molecule has 1 aromatic carbocycles. The molecule has 0 aliphatic heterocycles. The van der Waals surface area contributed by atoms with E-state index in [0.717, 1.165) is 5.56 Å². The number of hydrogen-bond donors (Lipinski definition) is 1. The first-order valence-electron chi connectivity index (χ1n) is 4.02. The van der Waals surface area contributed by atoms with Crippen LogP contribution in [0.4, 0.5) is 0 Å². The van der Waals surface area contributed by atoms with Crippen molar-refractivity contribution in [1.29, 1.82) is 0 Å². The standard InChI is InChI=1S/C10H13NO2/c1-10(13-2,9(11)12)8-6-4-3-5-7-8/h3-7H,1-2H3,(H2,11,12). The molecular weight excluding hydrogens is 166 g/mol. The van der Waals surface area contributed by atoms with Crippen molar-refractivity contribution in [1.82, 2.24) is 0 Å². The maximum atomic E-state index is 11.1. The lowest BCUT2D eigenvalue weighted by atomic mass is 9.95. The van der Waals surface area contributed by atoms with Crippen molar-refractivity contribution < 1.29 is 9.53 Å². The largest absolute Gasteiger partial charge is 0.367 e. The molecule has 70 valence electrons. The first kappa shape index (κ1) is 9.74. The van der Waals surface area contributed by atoms with Gasteiger partial charge in [0, 0.05) is 7.11 Å². The van der Waals surface area contributed by atoms with E-state index >= 15 is 0 Å². The molecule has 1 amide bonds. The fraction of sp³-hybridized carbons (Fsp3) is 0.300. The third-order valence-corrected chi connectivity index (χ3v) is 2.20. The molecule has 0 aromatic heterocycles. The van der Waals surface area contributed by atoms with E-state index in [1.54, 1.807) is 6.92 Å². The van der Waals surface area contributed by atoms with Gasteiger partial charge in [-0.05, 0) is 12.5 Å². The molecule has 0 radical (unpaired) electrons. The Morgan fingerprint density at radius 2 is 1.92 bits per heavy atom. The molecule has 1 rings (SSSR count). The van der Waals surface area contributed by atoms with Crippen LogP contribution in [0.1, 0.15) is 12.5 Å². The van der Waals surface area contributed by atoms with Crippen LogP contribution in [0, 0.1) is 0 Å². The Hall–Kier alpha value is -1.35. The molecule has 3 nitrogen and oxygen atoms in total. The fourth-order valence-electron chi connectivity index (χ4n) is 1.12. The van der Waals surface area contributed by atoms with Gasteiger partial charge in [-0.3, -0.25) is 4.79 Å². The zero-order valence-electron chi connectivity index (χ0n) is 7.78. The molecular formula is C10H13NO2. The highest BCUT2D eigenvalue weighted by Crippen LogP contribution is 2.23. The van der Waals surface area contributed by atoms with E-state index in [0.29, 0.717) is 0 Å². The third kappa shape index (κ3) is 1.70. The van der Waals surface area contributed by atoms with Crippen LogP contribution in [0.25, 0.3) is 0 Å². The van der Waals surface area contributed by atoms with Crippen molar-refractivity contribution in [3.8, 4) is 0 Å². The second-order valence-electron chi connectivity index (χ2n) is 2.97. The van der Waals surface area contributed by atoms with Gasteiger partial charge in [0.25, 0.3) is 5.91 Å². The summed E-state index contributed by atoms with van der Waals surface area (Å²) in [6.45, 7) is 1.66. The summed E-state index contributed by atoms with van der Waals surface area (Å²) in [6, 6.07) is 9.19. The monoisotopic (exact) mass is 179 g/mol. The smallest absolute Gasteiger partial charge is 0.254 e. The maximum Gasteiger partial charge on any atom is 0.254 e. The number of ether oxygens (including phenoxy) is 1. The minimum atomic E-state index is -1.03. The van der Waals surface area contributed by atoms with Crippen LogP contribution in [0.2, 0.25) is 0 Å². The molecule has 0 aliphatic carbocycles. The number of primary amides is 1. The average Bonchev–Trinajstić information content (AvgIpc) is 2.17. The first-order chi connectivity index (χ1) is 6.11. The molecule has 1 atom stereocenters. The third-order valence-electron chi connectivity index (χ3n) is 2.20. The molecule has 0 aliphatic rings. The van der Waals surface area contributed by atoms with E-state index in [4.69, 9.17) is 10.5 Å². The van der Waals surface area contributed by atoms with Crippen LogP contribution in [0.3, 0.4) is 0 Å². The van der Waals surface area contributed by atoms with Gasteiger partial charge in [0.15, 0.2) is 5.60 Å². The van der Waals surface area contributed by atoms with Crippen molar-refractivity contribution in [3.63, 3.8) is 0 Å². The number of carbonyl (C=O) groups excluding carboxylic acids is 1. The zero-order chi connectivity index (χ0) is 9.90. The number of benzene rings is 1. The molecule has 1 unspecified atom stereocenters. The molecule has 3 heteroatoms. The summed E-state index contributed by atoms with van der Waals surface area (Å²) in [4.78, 5) is 11.1. The minimum absolute atomic E-state index is 0.485. The Morgan fingerprint density at radius 3 is 2.31 bits per heavy atom. The highest BCUT2D eigenvalue weighted by molar-refractivity contribution is 5.84. The van der Waals surface area contributed by atoms with Gasteiger partial charge in [0.05, 0.1) is 0 Å². The molecule has 2 N–H and O–H groups in total. The van der Waals surface area contributed by atoms with Crippen LogP contribution >= 0.6 is 0 Å². The Bertz CT molecular complexity index is 297. The van der Waals surface area contributed by atoms with Crippen LogP contribution in [-0.4, -0.2) is 13.0 Å². The highest BCUT2D eigenvalue weighted by Gasteiger charge is 2.32. The lowest BCUT2D eigenvalue weighted by molar-refractivity contribution is -0.139. The predicted molar refractivity (Wildman–Crippen MR) is 50.0 cm³/mol. The second-order valence-corrected chi connectivity index (χ2v) is 2.97. The van der Waals surface area contributed by atoms with Crippen LogP contribution < -0.4 is 5.73 Å². The highest BCUT2D eigenvalue weighted by atomic mass is 16.5. The van der Waals surface area contributed by atoms with Gasteiger partial charge in [0.2, 0.25) is 0 Å². The van der Waals surface area contributed by atoms with Crippen molar-refractivity contribution in [2.45, 2.75) is 12.5 Å². The van der Waals surface area contributed by atoms with E-state index in [9.17, 15) is 4.79 Å². The van der Waals surface area contributed by atoms with Gasteiger partial charge in [-0.15, -0.1) is 0 Å². The number of hydrogen-bond acceptors (Lipinski definition) is 2. The summed E-state index contributed by atoms with van der Waals surface area (Å²) in [5.74, 6) is -0.485. The number of amides is 1. The topological polar surface area (TPSA) is 52.3 Å². The molecule has 0 bridgehead atoms. The Labute approximate surface area is 77.5 Å². The number of rotatable bonds is 3. The van der Waals surface area contributed by atoms with Crippen LogP contribution in [-0.2, 0) is 15.1 Å². The predicted octanol–water partition coefficient (Wildman–Crippen LogP) is 1.03. The summed E-state index contributed by atoms with van der Waals surface area (Å²) < 4.78 is 5.11. The fourth-order valence-corrected chi connectivity index (χ4v) is 1.12. The molecule has 0 heterocycles. The van der Waals surface area contributed by atoms with E-state index in [-0.39, 0.29) is 0 Å². The Kier molecular flexibility index (Phi) is 2.68. The van der Waals surface area contributed by atoms with Crippen molar-refractivity contribution in [2.75, 3.05) is 7.11 Å². The average molecular weight is 179 g/mol. The Morgan fingerprint density at radius 1 is 1.38 bits per heavy atom. The minimum Gasteiger partial charge on any atom is -0.367 e. The van der Waals surface area contributed by atoms with Gasteiger partial charge in [-0.25, -0.2) is 0 Å². The second kappa shape index (κ2) is 3.58. The van der Waals surface area contributed by atoms with E-state index in [2.05, 4.69) is 0 Å². The quantitative estimate of drug-likeness (QED) is 0.753. The normalized spacial score (nSPS) is 14.9. The van der Waals surface area contributed by atoms with Crippen LogP contribution in [0.15, 0.2) is 30.3 Å². The summed E-state index contributed by atoms with van der Waals surface area (Å²) in [5.41, 5.74) is 4.99. The molecule has 0 fully saturated rings. The number of methoxy groups -OCH3 is 1. The van der Waals surface area contributed by atoms with Crippen molar-refractivity contribution in [2.24, 2.45) is 5.73 Å². The molecule has 1 aromatic rings. The SMILES string of the molecule is COC(C)(C(N)=O)c1ccccc1. The molecule has 0 saturated carbocycles. The summed E-state index contributed by atoms with van der Waals surface area (Å²) >= 11 is 0. The zero-order valence-corrected chi connectivity index (χ0v) is 7.78. The van der Waals surface area contributed by atoms with Crippen molar-refractivity contribution >= 4 is 5.91 Å². The number of carbonyl (C=O) groups is 1. The summed E-state index contributed by atoms with van der Waals surface area (Å²) in [7, 11) is 1.47. The molecule has 0 spiro atoms. The summed E-state index contributed by atoms with van der Waals surface area (Å²) in [6.07, 6.45) is 0. The molecule has 13 heavy (non-hydrogen) atoms.